The topological polar surface area (TPSA) is 25.4 Å². The zero-order valence-electron chi connectivity index (χ0n) is 12.3. The lowest BCUT2D eigenvalue weighted by atomic mass is 9.91. The summed E-state index contributed by atoms with van der Waals surface area (Å²) in [7, 11) is 0. The first-order valence-corrected chi connectivity index (χ1v) is 7.78. The van der Waals surface area contributed by atoms with Gasteiger partial charge in [-0.05, 0) is 44.0 Å². The molecule has 4 rings (SSSR count). The smallest absolute Gasteiger partial charge is 0.224 e. The highest BCUT2D eigenvalue weighted by Gasteiger charge is 2.33. The Balaban J connectivity index is 1.78. The Bertz CT molecular complexity index is 602. The minimum absolute atomic E-state index is 0.283. The number of piperidine rings is 1. The van der Waals surface area contributed by atoms with E-state index in [4.69, 9.17) is 4.74 Å². The van der Waals surface area contributed by atoms with Gasteiger partial charge < -0.3 is 4.74 Å². The minimum Gasteiger partial charge on any atom is -0.438 e. The Hall–Kier alpha value is -1.87. The van der Waals surface area contributed by atoms with Crippen molar-refractivity contribution in [1.29, 1.82) is 0 Å². The Kier molecular flexibility index (Phi) is 3.15. The molecule has 0 N–H and O–H groups in total. The largest absolute Gasteiger partial charge is 0.438 e. The Morgan fingerprint density at radius 2 is 1.81 bits per heavy atom. The fourth-order valence-electron chi connectivity index (χ4n) is 3.45. The number of benzene rings is 1. The molecule has 0 spiro atoms. The number of para-hydroxylation sites is 1. The SMILES string of the molecule is CC1CCN(C2c3ccccc3Oc3ncccc32)CC1. The maximum absolute atomic E-state index is 5.98. The lowest BCUT2D eigenvalue weighted by Crippen LogP contribution is -2.37. The molecule has 0 saturated carbocycles. The molecule has 2 aliphatic heterocycles. The normalized spacial score (nSPS) is 22.2. The summed E-state index contributed by atoms with van der Waals surface area (Å²) in [5, 5.41) is 0. The van der Waals surface area contributed by atoms with Gasteiger partial charge in [0.05, 0.1) is 6.04 Å². The number of hydrogen-bond acceptors (Lipinski definition) is 3. The molecule has 3 heterocycles. The van der Waals surface area contributed by atoms with Gasteiger partial charge in [-0.15, -0.1) is 0 Å². The standard InChI is InChI=1S/C18H20N2O/c1-13-8-11-20(12-9-13)17-14-5-2-3-7-16(14)21-18-15(17)6-4-10-19-18/h2-7,10,13,17H,8-9,11-12H2,1H3. The number of pyridine rings is 1. The molecule has 1 saturated heterocycles. The van der Waals surface area contributed by atoms with Crippen LogP contribution in [0.15, 0.2) is 42.6 Å². The van der Waals surface area contributed by atoms with Gasteiger partial charge in [0.15, 0.2) is 0 Å². The van der Waals surface area contributed by atoms with Gasteiger partial charge in [0.2, 0.25) is 5.88 Å². The molecule has 1 aromatic heterocycles. The molecule has 3 nitrogen and oxygen atoms in total. The molecule has 0 amide bonds. The van der Waals surface area contributed by atoms with Crippen LogP contribution in [0.1, 0.15) is 36.9 Å². The van der Waals surface area contributed by atoms with Gasteiger partial charge in [-0.1, -0.05) is 31.2 Å². The number of fused-ring (bicyclic) bond motifs is 2. The number of likely N-dealkylation sites (tertiary alicyclic amines) is 1. The molecule has 1 fully saturated rings. The van der Waals surface area contributed by atoms with Crippen molar-refractivity contribution in [2.45, 2.75) is 25.8 Å². The zero-order valence-corrected chi connectivity index (χ0v) is 12.3. The molecule has 0 bridgehead atoms. The number of nitrogens with zero attached hydrogens (tertiary/aromatic N) is 2. The van der Waals surface area contributed by atoms with Crippen LogP contribution in [0.5, 0.6) is 11.6 Å². The van der Waals surface area contributed by atoms with Crippen molar-refractivity contribution in [3.8, 4) is 11.6 Å². The van der Waals surface area contributed by atoms with E-state index in [0.717, 1.165) is 30.6 Å². The van der Waals surface area contributed by atoms with Gasteiger partial charge in [0.1, 0.15) is 5.75 Å². The maximum atomic E-state index is 5.98. The van der Waals surface area contributed by atoms with E-state index in [-0.39, 0.29) is 6.04 Å². The average molecular weight is 280 g/mol. The van der Waals surface area contributed by atoms with Crippen molar-refractivity contribution >= 4 is 0 Å². The van der Waals surface area contributed by atoms with Gasteiger partial charge in [0, 0.05) is 17.3 Å². The van der Waals surface area contributed by atoms with Crippen LogP contribution < -0.4 is 4.74 Å². The van der Waals surface area contributed by atoms with Gasteiger partial charge in [-0.3, -0.25) is 4.90 Å². The molecule has 21 heavy (non-hydrogen) atoms. The number of ether oxygens (including phenoxy) is 1. The van der Waals surface area contributed by atoms with E-state index in [1.807, 2.05) is 24.4 Å². The summed E-state index contributed by atoms with van der Waals surface area (Å²) in [5.41, 5.74) is 2.47. The fraction of sp³-hybridized carbons (Fsp3) is 0.389. The predicted molar refractivity (Wildman–Crippen MR) is 82.6 cm³/mol. The summed E-state index contributed by atoms with van der Waals surface area (Å²) in [5.74, 6) is 2.55. The first-order valence-electron chi connectivity index (χ1n) is 7.78. The van der Waals surface area contributed by atoms with Gasteiger partial charge in [-0.2, -0.15) is 0 Å². The van der Waals surface area contributed by atoms with Crippen LogP contribution in [0.4, 0.5) is 0 Å². The fourth-order valence-corrected chi connectivity index (χ4v) is 3.45. The second-order valence-electron chi connectivity index (χ2n) is 6.16. The summed E-state index contributed by atoms with van der Waals surface area (Å²) in [6, 6.07) is 12.8. The van der Waals surface area contributed by atoms with E-state index < -0.39 is 0 Å². The van der Waals surface area contributed by atoms with E-state index in [9.17, 15) is 0 Å². The van der Waals surface area contributed by atoms with E-state index in [1.54, 1.807) is 0 Å². The third-order valence-corrected chi connectivity index (χ3v) is 4.70. The molecule has 1 atom stereocenters. The van der Waals surface area contributed by atoms with Crippen LogP contribution in [0.2, 0.25) is 0 Å². The molecular weight excluding hydrogens is 260 g/mol. The van der Waals surface area contributed by atoms with Gasteiger partial charge in [0.25, 0.3) is 0 Å². The third kappa shape index (κ3) is 2.22. The van der Waals surface area contributed by atoms with Crippen LogP contribution >= 0.6 is 0 Å². The van der Waals surface area contributed by atoms with Gasteiger partial charge >= 0.3 is 0 Å². The minimum atomic E-state index is 0.283. The van der Waals surface area contributed by atoms with Crippen molar-refractivity contribution in [3.63, 3.8) is 0 Å². The predicted octanol–water partition coefficient (Wildman–Crippen LogP) is 4.01. The lowest BCUT2D eigenvalue weighted by molar-refractivity contribution is 0.150. The van der Waals surface area contributed by atoms with E-state index in [0.29, 0.717) is 0 Å². The Morgan fingerprint density at radius 3 is 2.67 bits per heavy atom. The first-order chi connectivity index (χ1) is 10.3. The average Bonchev–Trinajstić information content (AvgIpc) is 2.53. The van der Waals surface area contributed by atoms with Gasteiger partial charge in [-0.25, -0.2) is 4.98 Å². The van der Waals surface area contributed by atoms with Crippen LogP contribution in [0.3, 0.4) is 0 Å². The molecule has 1 unspecified atom stereocenters. The third-order valence-electron chi connectivity index (χ3n) is 4.70. The van der Waals surface area contributed by atoms with Crippen LogP contribution in [0, 0.1) is 5.92 Å². The summed E-state index contributed by atoms with van der Waals surface area (Å²) in [4.78, 5) is 7.01. The summed E-state index contributed by atoms with van der Waals surface area (Å²) in [6.45, 7) is 4.65. The second kappa shape index (κ2) is 5.15. The summed E-state index contributed by atoms with van der Waals surface area (Å²) < 4.78 is 5.98. The van der Waals surface area contributed by atoms with Crippen molar-refractivity contribution in [1.82, 2.24) is 9.88 Å². The maximum Gasteiger partial charge on any atom is 0.224 e. The van der Waals surface area contributed by atoms with Crippen molar-refractivity contribution in [2.24, 2.45) is 5.92 Å². The van der Waals surface area contributed by atoms with Crippen LogP contribution in [-0.2, 0) is 0 Å². The molecule has 2 aliphatic rings. The zero-order chi connectivity index (χ0) is 14.2. The van der Waals surface area contributed by atoms with E-state index in [1.165, 1.54) is 24.0 Å². The highest BCUT2D eigenvalue weighted by Crippen LogP contribution is 2.45. The first kappa shape index (κ1) is 12.8. The molecule has 3 heteroatoms. The Labute approximate surface area is 125 Å². The summed E-state index contributed by atoms with van der Waals surface area (Å²) in [6.07, 6.45) is 4.35. The molecule has 0 radical (unpaired) electrons. The van der Waals surface area contributed by atoms with Crippen molar-refractivity contribution < 1.29 is 4.74 Å². The van der Waals surface area contributed by atoms with E-state index in [2.05, 4.69) is 35.0 Å². The monoisotopic (exact) mass is 280 g/mol. The van der Waals surface area contributed by atoms with Crippen molar-refractivity contribution in [3.05, 3.63) is 53.7 Å². The number of aromatic nitrogens is 1. The molecule has 2 aromatic rings. The lowest BCUT2D eigenvalue weighted by Gasteiger charge is -2.39. The highest BCUT2D eigenvalue weighted by atomic mass is 16.5. The number of hydrogen-bond donors (Lipinski definition) is 0. The quantitative estimate of drug-likeness (QED) is 0.789. The van der Waals surface area contributed by atoms with Crippen LogP contribution in [-0.4, -0.2) is 23.0 Å². The number of rotatable bonds is 1. The molecule has 1 aromatic carbocycles. The summed E-state index contributed by atoms with van der Waals surface area (Å²) >= 11 is 0. The molecule has 0 aliphatic carbocycles. The van der Waals surface area contributed by atoms with Crippen molar-refractivity contribution in [2.75, 3.05) is 13.1 Å². The van der Waals surface area contributed by atoms with E-state index >= 15 is 0 Å². The molecule has 108 valence electrons. The highest BCUT2D eigenvalue weighted by molar-refractivity contribution is 5.50. The Morgan fingerprint density at radius 1 is 1.05 bits per heavy atom. The van der Waals surface area contributed by atoms with Crippen LogP contribution in [0.25, 0.3) is 0 Å². The molecular formula is C18H20N2O. The second-order valence-corrected chi connectivity index (χ2v) is 6.16.